The number of carbonyl (C=O) groups excluding carboxylic acids is 1. The third-order valence-corrected chi connectivity index (χ3v) is 2.19. The molecule has 0 aliphatic carbocycles. The van der Waals surface area contributed by atoms with Crippen LogP contribution in [0.25, 0.3) is 0 Å². The minimum absolute atomic E-state index is 0.372. The maximum atomic E-state index is 10.8. The maximum Gasteiger partial charge on any atom is 0.237 e. The zero-order valence-corrected chi connectivity index (χ0v) is 8.72. The van der Waals surface area contributed by atoms with E-state index in [4.69, 9.17) is 16.2 Å². The van der Waals surface area contributed by atoms with Gasteiger partial charge < -0.3 is 16.2 Å². The van der Waals surface area contributed by atoms with Crippen LogP contribution in [0.1, 0.15) is 12.5 Å². The highest BCUT2D eigenvalue weighted by Crippen LogP contribution is 2.04. The Hall–Kier alpha value is -1.39. The van der Waals surface area contributed by atoms with Crippen molar-refractivity contribution in [2.75, 3.05) is 0 Å². The molecule has 0 aliphatic heterocycles. The average Bonchev–Trinajstić information content (AvgIpc) is 2.26. The monoisotopic (exact) mass is 208 g/mol. The zero-order valence-electron chi connectivity index (χ0n) is 8.72. The number of rotatable bonds is 5. The summed E-state index contributed by atoms with van der Waals surface area (Å²) in [5.41, 5.74) is 11.6. The quantitative estimate of drug-likeness (QED) is 0.735. The van der Waals surface area contributed by atoms with Crippen molar-refractivity contribution >= 4 is 5.91 Å². The van der Waals surface area contributed by atoms with Crippen molar-refractivity contribution in [1.29, 1.82) is 0 Å². The lowest BCUT2D eigenvalue weighted by Gasteiger charge is -2.17. The molecule has 2 atom stereocenters. The summed E-state index contributed by atoms with van der Waals surface area (Å²) in [6.45, 7) is 2.17. The number of primary amides is 1. The van der Waals surface area contributed by atoms with Gasteiger partial charge in [0.15, 0.2) is 0 Å². The number of ether oxygens (including phenoxy) is 1. The summed E-state index contributed by atoms with van der Waals surface area (Å²) < 4.78 is 5.43. The maximum absolute atomic E-state index is 10.8. The molecule has 1 rings (SSSR count). The second kappa shape index (κ2) is 5.48. The summed E-state index contributed by atoms with van der Waals surface area (Å²) in [4.78, 5) is 10.8. The standard InChI is InChI=1S/C11H16N2O2/c1-8(10(12)11(13)14)15-7-9-5-3-2-4-6-9/h2-6,8,10H,7,12H2,1H3,(H2,13,14)/t8-,10-/m0/s1. The van der Waals surface area contributed by atoms with Crippen LogP contribution in [0.5, 0.6) is 0 Å². The summed E-state index contributed by atoms with van der Waals surface area (Å²) >= 11 is 0. The van der Waals surface area contributed by atoms with Crippen molar-refractivity contribution in [1.82, 2.24) is 0 Å². The molecule has 1 amide bonds. The molecule has 4 nitrogen and oxygen atoms in total. The van der Waals surface area contributed by atoms with E-state index in [9.17, 15) is 4.79 Å². The number of hydrogen-bond donors (Lipinski definition) is 2. The van der Waals surface area contributed by atoms with Crippen LogP contribution in [-0.2, 0) is 16.1 Å². The summed E-state index contributed by atoms with van der Waals surface area (Å²) in [6, 6.07) is 8.93. The van der Waals surface area contributed by atoms with Crippen molar-refractivity contribution in [3.63, 3.8) is 0 Å². The van der Waals surface area contributed by atoms with Crippen LogP contribution in [0.4, 0.5) is 0 Å². The third kappa shape index (κ3) is 3.69. The van der Waals surface area contributed by atoms with E-state index in [2.05, 4.69) is 0 Å². The Bertz CT molecular complexity index is 314. The van der Waals surface area contributed by atoms with Crippen molar-refractivity contribution in [3.8, 4) is 0 Å². The third-order valence-electron chi connectivity index (χ3n) is 2.19. The van der Waals surface area contributed by atoms with Gasteiger partial charge in [-0.25, -0.2) is 0 Å². The fourth-order valence-electron chi connectivity index (χ4n) is 1.14. The van der Waals surface area contributed by atoms with Crippen molar-refractivity contribution in [3.05, 3.63) is 35.9 Å². The molecule has 0 bridgehead atoms. The first-order valence-electron chi connectivity index (χ1n) is 4.81. The van der Waals surface area contributed by atoms with E-state index in [1.54, 1.807) is 6.92 Å². The zero-order chi connectivity index (χ0) is 11.3. The second-order valence-corrected chi connectivity index (χ2v) is 3.43. The Morgan fingerprint density at radius 2 is 2.00 bits per heavy atom. The summed E-state index contributed by atoms with van der Waals surface area (Å²) in [7, 11) is 0. The van der Waals surface area contributed by atoms with Gasteiger partial charge in [0.25, 0.3) is 0 Å². The van der Waals surface area contributed by atoms with Crippen LogP contribution < -0.4 is 11.5 Å². The second-order valence-electron chi connectivity index (χ2n) is 3.43. The van der Waals surface area contributed by atoms with Gasteiger partial charge in [0.2, 0.25) is 5.91 Å². The molecule has 1 aromatic carbocycles. The van der Waals surface area contributed by atoms with E-state index in [1.807, 2.05) is 30.3 Å². The number of nitrogens with two attached hydrogens (primary N) is 2. The fraction of sp³-hybridized carbons (Fsp3) is 0.364. The Kier molecular flexibility index (Phi) is 4.27. The van der Waals surface area contributed by atoms with E-state index < -0.39 is 11.9 Å². The van der Waals surface area contributed by atoms with Gasteiger partial charge in [-0.1, -0.05) is 30.3 Å². The first-order chi connectivity index (χ1) is 7.11. The molecule has 0 radical (unpaired) electrons. The minimum atomic E-state index is -0.756. The van der Waals surface area contributed by atoms with Crippen LogP contribution in [-0.4, -0.2) is 18.1 Å². The largest absolute Gasteiger partial charge is 0.372 e. The first-order valence-corrected chi connectivity index (χ1v) is 4.81. The predicted octanol–water partition coefficient (Wildman–Crippen LogP) is 0.404. The Labute approximate surface area is 89.2 Å². The van der Waals surface area contributed by atoms with Crippen LogP contribution in [0.15, 0.2) is 30.3 Å². The van der Waals surface area contributed by atoms with Crippen molar-refractivity contribution in [2.45, 2.75) is 25.7 Å². The normalized spacial score (nSPS) is 14.5. The molecule has 4 heteroatoms. The topological polar surface area (TPSA) is 78.3 Å². The molecule has 0 unspecified atom stereocenters. The molecular weight excluding hydrogens is 192 g/mol. The highest BCUT2D eigenvalue weighted by Gasteiger charge is 2.18. The molecule has 0 aliphatic rings. The molecule has 0 saturated carbocycles. The highest BCUT2D eigenvalue weighted by atomic mass is 16.5. The lowest BCUT2D eigenvalue weighted by atomic mass is 10.2. The average molecular weight is 208 g/mol. The van der Waals surface area contributed by atoms with E-state index in [0.717, 1.165) is 5.56 Å². The lowest BCUT2D eigenvalue weighted by Crippen LogP contribution is -2.45. The van der Waals surface area contributed by atoms with E-state index in [0.29, 0.717) is 6.61 Å². The molecule has 1 aromatic rings. The van der Waals surface area contributed by atoms with Gasteiger partial charge in [-0.15, -0.1) is 0 Å². The predicted molar refractivity (Wildman–Crippen MR) is 57.9 cm³/mol. The van der Waals surface area contributed by atoms with Gasteiger partial charge in [-0.05, 0) is 12.5 Å². The Morgan fingerprint density at radius 1 is 1.40 bits per heavy atom. The fourth-order valence-corrected chi connectivity index (χ4v) is 1.14. The number of benzene rings is 1. The van der Waals surface area contributed by atoms with Gasteiger partial charge in [-0.2, -0.15) is 0 Å². The highest BCUT2D eigenvalue weighted by molar-refractivity contribution is 5.80. The van der Waals surface area contributed by atoms with Gasteiger partial charge >= 0.3 is 0 Å². The van der Waals surface area contributed by atoms with Gasteiger partial charge in [0.1, 0.15) is 6.04 Å². The molecule has 15 heavy (non-hydrogen) atoms. The summed E-state index contributed by atoms with van der Waals surface area (Å²) in [6.07, 6.45) is -0.372. The molecule has 0 saturated heterocycles. The Morgan fingerprint density at radius 3 is 2.53 bits per heavy atom. The number of carbonyl (C=O) groups is 1. The molecule has 0 fully saturated rings. The smallest absolute Gasteiger partial charge is 0.237 e. The van der Waals surface area contributed by atoms with Gasteiger partial charge in [0, 0.05) is 0 Å². The van der Waals surface area contributed by atoms with Crippen LogP contribution in [0.2, 0.25) is 0 Å². The molecule has 4 N–H and O–H groups in total. The van der Waals surface area contributed by atoms with Gasteiger partial charge in [0.05, 0.1) is 12.7 Å². The van der Waals surface area contributed by atoms with Gasteiger partial charge in [-0.3, -0.25) is 4.79 Å². The van der Waals surface area contributed by atoms with Crippen LogP contribution in [0.3, 0.4) is 0 Å². The molecule has 82 valence electrons. The van der Waals surface area contributed by atoms with Crippen LogP contribution >= 0.6 is 0 Å². The van der Waals surface area contributed by atoms with E-state index in [1.165, 1.54) is 0 Å². The minimum Gasteiger partial charge on any atom is -0.372 e. The molecule has 0 spiro atoms. The lowest BCUT2D eigenvalue weighted by molar-refractivity contribution is -0.122. The SMILES string of the molecule is C[C@H](OCc1ccccc1)[C@H](N)C(N)=O. The summed E-state index contributed by atoms with van der Waals surface area (Å²) in [5, 5.41) is 0. The first kappa shape index (κ1) is 11.7. The number of hydrogen-bond acceptors (Lipinski definition) is 3. The molecule has 0 aromatic heterocycles. The molecular formula is C11H16N2O2. The van der Waals surface area contributed by atoms with Crippen molar-refractivity contribution in [2.24, 2.45) is 11.5 Å². The van der Waals surface area contributed by atoms with E-state index in [-0.39, 0.29) is 6.10 Å². The Balaban J connectivity index is 2.41. The van der Waals surface area contributed by atoms with E-state index >= 15 is 0 Å². The summed E-state index contributed by atoms with van der Waals surface area (Å²) in [5.74, 6) is -0.546. The van der Waals surface area contributed by atoms with Crippen molar-refractivity contribution < 1.29 is 9.53 Å². The molecule has 0 heterocycles. The van der Waals surface area contributed by atoms with Crippen LogP contribution in [0, 0.1) is 0 Å². The number of amides is 1.